The third-order valence-electron chi connectivity index (χ3n) is 6.02. The van der Waals surface area contributed by atoms with Gasteiger partial charge in [0.15, 0.2) is 17.3 Å². The Bertz CT molecular complexity index is 1300. The van der Waals surface area contributed by atoms with Crippen LogP contribution in [0.5, 0.6) is 11.5 Å². The first-order valence-corrected chi connectivity index (χ1v) is 11.4. The lowest BCUT2D eigenvalue weighted by Gasteiger charge is -2.26. The molecule has 3 aromatic rings. The monoisotopic (exact) mass is 479 g/mol. The highest BCUT2D eigenvalue weighted by Gasteiger charge is 2.46. The van der Waals surface area contributed by atoms with Gasteiger partial charge in [-0.05, 0) is 50.1 Å². The molecule has 1 N–H and O–H groups in total. The molecule has 2 aromatic heterocycles. The number of ether oxygens (including phenoxy) is 3. The number of rotatable bonds is 9. The minimum atomic E-state index is -0.815. The first-order valence-electron chi connectivity index (χ1n) is 11.4. The Morgan fingerprint density at radius 1 is 1.14 bits per heavy atom. The number of amides is 1. The molecule has 1 fully saturated rings. The molecule has 0 radical (unpaired) electrons. The van der Waals surface area contributed by atoms with Crippen molar-refractivity contribution in [2.24, 2.45) is 0 Å². The molecule has 1 saturated heterocycles. The van der Waals surface area contributed by atoms with Gasteiger partial charge in [-0.3, -0.25) is 14.0 Å². The van der Waals surface area contributed by atoms with Gasteiger partial charge >= 0.3 is 0 Å². The van der Waals surface area contributed by atoms with Crippen molar-refractivity contribution in [3.8, 4) is 11.5 Å². The second kappa shape index (κ2) is 10.2. The van der Waals surface area contributed by atoms with E-state index in [9.17, 15) is 14.7 Å². The van der Waals surface area contributed by atoms with Crippen molar-refractivity contribution in [2.75, 3.05) is 34.0 Å². The number of hydrogen-bond acceptors (Lipinski definition) is 7. The molecule has 0 aliphatic carbocycles. The predicted octanol–water partition coefficient (Wildman–Crippen LogP) is 3.51. The number of methoxy groups -OCH3 is 2. The van der Waals surface area contributed by atoms with Gasteiger partial charge in [-0.1, -0.05) is 12.1 Å². The lowest BCUT2D eigenvalue weighted by molar-refractivity contribution is -0.140. The van der Waals surface area contributed by atoms with Crippen LogP contribution in [0.1, 0.15) is 36.3 Å². The zero-order valence-electron chi connectivity index (χ0n) is 20.3. The number of imidazole rings is 1. The standard InChI is InChI=1S/C26H29N3O6/c1-5-35-18-11-10-17(15-19(18)34-4)23-21(25(31)26(32)29(23)13-8-14-33-3)24(30)22-16(2)27-20-9-6-7-12-28(20)22/h6-7,9-12,15,23,30H,5,8,13-14H2,1-4H3/b24-21+. The number of pyridine rings is 1. The number of aliphatic hydroxyl groups excluding tert-OH is 1. The highest BCUT2D eigenvalue weighted by molar-refractivity contribution is 6.46. The molecule has 3 heterocycles. The van der Waals surface area contributed by atoms with E-state index in [2.05, 4.69) is 4.98 Å². The van der Waals surface area contributed by atoms with Gasteiger partial charge in [0, 0.05) is 26.5 Å². The zero-order chi connectivity index (χ0) is 25.1. The van der Waals surface area contributed by atoms with Gasteiger partial charge in [0.25, 0.3) is 11.7 Å². The normalized spacial score (nSPS) is 17.4. The van der Waals surface area contributed by atoms with E-state index in [0.717, 1.165) is 0 Å². The van der Waals surface area contributed by atoms with Crippen LogP contribution in [0.15, 0.2) is 48.2 Å². The number of benzene rings is 1. The van der Waals surface area contributed by atoms with Gasteiger partial charge < -0.3 is 24.2 Å². The number of carbonyl (C=O) groups is 2. The molecule has 4 rings (SSSR count). The maximum absolute atomic E-state index is 13.3. The number of Topliss-reactive ketones (excluding diaryl/α,β-unsaturated/α-hetero) is 1. The summed E-state index contributed by atoms with van der Waals surface area (Å²) in [5.41, 5.74) is 2.17. The number of hydrogen-bond donors (Lipinski definition) is 1. The second-order valence-corrected chi connectivity index (χ2v) is 8.16. The Kier molecular flexibility index (Phi) is 7.07. The summed E-state index contributed by atoms with van der Waals surface area (Å²) >= 11 is 0. The molecule has 35 heavy (non-hydrogen) atoms. The van der Waals surface area contributed by atoms with Crippen molar-refractivity contribution in [3.63, 3.8) is 0 Å². The van der Waals surface area contributed by atoms with Crippen molar-refractivity contribution in [3.05, 3.63) is 65.1 Å². The summed E-state index contributed by atoms with van der Waals surface area (Å²) in [6.07, 6.45) is 2.29. The maximum Gasteiger partial charge on any atom is 0.295 e. The van der Waals surface area contributed by atoms with E-state index >= 15 is 0 Å². The van der Waals surface area contributed by atoms with E-state index in [1.54, 1.807) is 42.8 Å². The summed E-state index contributed by atoms with van der Waals surface area (Å²) in [5.74, 6) is -0.674. The van der Waals surface area contributed by atoms with Crippen molar-refractivity contribution >= 4 is 23.1 Å². The molecule has 0 saturated carbocycles. The lowest BCUT2D eigenvalue weighted by Crippen LogP contribution is -2.31. The number of fused-ring (bicyclic) bond motifs is 1. The summed E-state index contributed by atoms with van der Waals surface area (Å²) in [7, 11) is 3.11. The number of nitrogens with zero attached hydrogens (tertiary/aromatic N) is 3. The van der Waals surface area contributed by atoms with Gasteiger partial charge in [-0.25, -0.2) is 4.98 Å². The molecule has 0 bridgehead atoms. The Morgan fingerprint density at radius 3 is 2.66 bits per heavy atom. The third kappa shape index (κ3) is 4.35. The van der Waals surface area contributed by atoms with Crippen molar-refractivity contribution in [1.29, 1.82) is 0 Å². The number of aliphatic hydroxyl groups is 1. The quantitative estimate of drug-likeness (QED) is 0.217. The third-order valence-corrected chi connectivity index (χ3v) is 6.02. The van der Waals surface area contributed by atoms with E-state index in [1.165, 1.54) is 12.0 Å². The van der Waals surface area contributed by atoms with Crippen LogP contribution in [0.4, 0.5) is 0 Å². The van der Waals surface area contributed by atoms with Gasteiger partial charge in [-0.2, -0.15) is 0 Å². The minimum absolute atomic E-state index is 0.00684. The molecule has 0 spiro atoms. The fraction of sp³-hybridized carbons (Fsp3) is 0.346. The summed E-state index contributed by atoms with van der Waals surface area (Å²) in [6, 6.07) is 9.90. The van der Waals surface area contributed by atoms with Crippen LogP contribution in [0.3, 0.4) is 0 Å². The highest BCUT2D eigenvalue weighted by Crippen LogP contribution is 2.42. The average Bonchev–Trinajstić information content (AvgIpc) is 3.32. The number of carbonyl (C=O) groups excluding carboxylic acids is 2. The van der Waals surface area contributed by atoms with E-state index in [-0.39, 0.29) is 17.9 Å². The number of aryl methyl sites for hydroxylation is 1. The summed E-state index contributed by atoms with van der Waals surface area (Å²) in [5, 5.41) is 11.5. The topological polar surface area (TPSA) is 103 Å². The van der Waals surface area contributed by atoms with E-state index in [4.69, 9.17) is 14.2 Å². The minimum Gasteiger partial charge on any atom is -0.505 e. The molecular formula is C26H29N3O6. The van der Waals surface area contributed by atoms with Crippen LogP contribution in [-0.4, -0.2) is 65.1 Å². The van der Waals surface area contributed by atoms with Crippen LogP contribution in [-0.2, 0) is 14.3 Å². The van der Waals surface area contributed by atoms with Crippen molar-refractivity contribution < 1.29 is 28.9 Å². The Hall–Kier alpha value is -3.85. The predicted molar refractivity (Wildman–Crippen MR) is 130 cm³/mol. The fourth-order valence-electron chi connectivity index (χ4n) is 4.49. The van der Waals surface area contributed by atoms with Crippen LogP contribution in [0.2, 0.25) is 0 Å². The van der Waals surface area contributed by atoms with Gasteiger partial charge in [0.2, 0.25) is 0 Å². The molecule has 1 aliphatic heterocycles. The molecule has 184 valence electrons. The van der Waals surface area contributed by atoms with Gasteiger partial charge in [-0.15, -0.1) is 0 Å². The van der Waals surface area contributed by atoms with Crippen LogP contribution >= 0.6 is 0 Å². The largest absolute Gasteiger partial charge is 0.505 e. The fourth-order valence-corrected chi connectivity index (χ4v) is 4.49. The number of likely N-dealkylation sites (tertiary alicyclic amines) is 1. The molecule has 1 aromatic carbocycles. The molecule has 1 amide bonds. The van der Waals surface area contributed by atoms with Gasteiger partial charge in [0.05, 0.1) is 31.0 Å². The van der Waals surface area contributed by atoms with Crippen molar-refractivity contribution in [1.82, 2.24) is 14.3 Å². The summed E-state index contributed by atoms with van der Waals surface area (Å²) < 4.78 is 18.0. The molecule has 9 heteroatoms. The molecular weight excluding hydrogens is 450 g/mol. The molecule has 9 nitrogen and oxygen atoms in total. The van der Waals surface area contributed by atoms with Crippen LogP contribution < -0.4 is 9.47 Å². The second-order valence-electron chi connectivity index (χ2n) is 8.16. The molecule has 1 unspecified atom stereocenters. The van der Waals surface area contributed by atoms with Crippen LogP contribution in [0, 0.1) is 6.92 Å². The van der Waals surface area contributed by atoms with E-state index < -0.39 is 17.7 Å². The van der Waals surface area contributed by atoms with Crippen molar-refractivity contribution in [2.45, 2.75) is 26.3 Å². The van der Waals surface area contributed by atoms with Gasteiger partial charge in [0.1, 0.15) is 11.3 Å². The summed E-state index contributed by atoms with van der Waals surface area (Å²) in [6.45, 7) is 4.79. The Labute approximate surface area is 203 Å². The number of aromatic nitrogens is 2. The molecule has 1 atom stereocenters. The summed E-state index contributed by atoms with van der Waals surface area (Å²) in [4.78, 5) is 32.4. The smallest absolute Gasteiger partial charge is 0.295 e. The van der Waals surface area contributed by atoms with E-state index in [1.807, 2.05) is 25.1 Å². The Morgan fingerprint density at radius 2 is 1.94 bits per heavy atom. The lowest BCUT2D eigenvalue weighted by atomic mass is 9.95. The molecule has 1 aliphatic rings. The zero-order valence-corrected chi connectivity index (χ0v) is 20.3. The SMILES string of the molecule is CCOc1ccc(C2/C(=C(\O)c3c(C)nc4ccccn34)C(=O)C(=O)N2CCCOC)cc1OC. The highest BCUT2D eigenvalue weighted by atomic mass is 16.5. The number of ketones is 1. The van der Waals surface area contributed by atoms with E-state index in [0.29, 0.717) is 53.7 Å². The first kappa shape index (κ1) is 24.3. The average molecular weight is 480 g/mol. The maximum atomic E-state index is 13.3. The first-order chi connectivity index (χ1) is 16.9. The Balaban J connectivity index is 1.91. The van der Waals surface area contributed by atoms with Crippen LogP contribution in [0.25, 0.3) is 11.4 Å².